The Balaban J connectivity index is 1.73. The second-order valence-corrected chi connectivity index (χ2v) is 4.37. The first kappa shape index (κ1) is 13.4. The van der Waals surface area contributed by atoms with Gasteiger partial charge in [0.1, 0.15) is 24.7 Å². The van der Waals surface area contributed by atoms with E-state index in [0.717, 1.165) is 0 Å². The zero-order valence-electron chi connectivity index (χ0n) is 11.3. The molecule has 0 spiro atoms. The van der Waals surface area contributed by atoms with Crippen LogP contribution in [0.2, 0.25) is 0 Å². The predicted molar refractivity (Wildman–Crippen MR) is 69.5 cm³/mol. The van der Waals surface area contributed by atoms with Crippen molar-refractivity contribution in [3.63, 3.8) is 0 Å². The van der Waals surface area contributed by atoms with E-state index < -0.39 is 0 Å². The highest BCUT2D eigenvalue weighted by Gasteiger charge is 2.18. The summed E-state index contributed by atoms with van der Waals surface area (Å²) in [5.74, 6) is 2.10. The van der Waals surface area contributed by atoms with E-state index in [1.54, 1.807) is 25.3 Å². The fourth-order valence-corrected chi connectivity index (χ4v) is 1.94. The van der Waals surface area contributed by atoms with Gasteiger partial charge in [-0.25, -0.2) is 0 Å². The number of fused-ring (bicyclic) bond motifs is 1. The number of aldehydes is 1. The summed E-state index contributed by atoms with van der Waals surface area (Å²) in [6.45, 7) is 0.658. The van der Waals surface area contributed by atoms with Crippen LogP contribution < -0.4 is 14.2 Å². The van der Waals surface area contributed by atoms with Crippen LogP contribution in [0.25, 0.3) is 0 Å². The number of hydrogen-bond donors (Lipinski definition) is 0. The summed E-state index contributed by atoms with van der Waals surface area (Å²) in [7, 11) is 1.57. The number of methoxy groups -OCH3 is 1. The molecule has 1 aromatic carbocycles. The lowest BCUT2D eigenvalue weighted by molar-refractivity contribution is 0.111. The average molecular weight is 291 g/mol. The SMILES string of the molecule is COCc1cc(COc2cc3c(cc2C=O)OCO3)no1. The molecule has 21 heavy (non-hydrogen) atoms. The summed E-state index contributed by atoms with van der Waals surface area (Å²) in [6, 6.07) is 4.95. The van der Waals surface area contributed by atoms with Gasteiger partial charge in [0, 0.05) is 19.2 Å². The quantitative estimate of drug-likeness (QED) is 0.752. The molecule has 1 aliphatic rings. The molecule has 110 valence electrons. The van der Waals surface area contributed by atoms with Gasteiger partial charge < -0.3 is 23.5 Å². The third-order valence-corrected chi connectivity index (χ3v) is 2.90. The number of ether oxygens (including phenoxy) is 4. The molecule has 0 saturated heterocycles. The van der Waals surface area contributed by atoms with Crippen LogP contribution in [-0.4, -0.2) is 25.3 Å². The van der Waals surface area contributed by atoms with Crippen molar-refractivity contribution in [2.75, 3.05) is 13.9 Å². The Morgan fingerprint density at radius 2 is 2.05 bits per heavy atom. The molecule has 2 heterocycles. The van der Waals surface area contributed by atoms with Crippen molar-refractivity contribution >= 4 is 6.29 Å². The fourth-order valence-electron chi connectivity index (χ4n) is 1.94. The molecule has 0 amide bonds. The van der Waals surface area contributed by atoms with E-state index in [-0.39, 0.29) is 13.4 Å². The first-order valence-corrected chi connectivity index (χ1v) is 6.25. The summed E-state index contributed by atoms with van der Waals surface area (Å²) in [4.78, 5) is 11.1. The van der Waals surface area contributed by atoms with Gasteiger partial charge in [0.05, 0.1) is 5.56 Å². The van der Waals surface area contributed by atoms with Crippen LogP contribution in [0, 0.1) is 0 Å². The molecule has 0 aliphatic carbocycles. The summed E-state index contributed by atoms with van der Waals surface area (Å²) in [5.41, 5.74) is 0.997. The molecule has 1 aromatic heterocycles. The van der Waals surface area contributed by atoms with Gasteiger partial charge in [-0.15, -0.1) is 0 Å². The lowest BCUT2D eigenvalue weighted by Gasteiger charge is -2.07. The number of benzene rings is 1. The Kier molecular flexibility index (Phi) is 3.74. The van der Waals surface area contributed by atoms with E-state index in [1.807, 2.05) is 0 Å². The lowest BCUT2D eigenvalue weighted by Crippen LogP contribution is -1.98. The number of nitrogens with zero attached hydrogens (tertiary/aromatic N) is 1. The molecule has 7 heteroatoms. The highest BCUT2D eigenvalue weighted by atomic mass is 16.7. The molecule has 0 bridgehead atoms. The van der Waals surface area contributed by atoms with E-state index in [2.05, 4.69) is 5.16 Å². The summed E-state index contributed by atoms with van der Waals surface area (Å²) in [5, 5.41) is 3.85. The zero-order chi connectivity index (χ0) is 14.7. The number of carbonyl (C=O) groups excluding carboxylic acids is 1. The Morgan fingerprint density at radius 1 is 1.24 bits per heavy atom. The monoisotopic (exact) mass is 291 g/mol. The van der Waals surface area contributed by atoms with Gasteiger partial charge in [-0.1, -0.05) is 5.16 Å². The molecule has 7 nitrogen and oxygen atoms in total. The van der Waals surface area contributed by atoms with E-state index in [4.69, 9.17) is 23.5 Å². The Hall–Kier alpha value is -2.54. The van der Waals surface area contributed by atoms with Gasteiger partial charge in [-0.2, -0.15) is 0 Å². The van der Waals surface area contributed by atoms with Crippen molar-refractivity contribution < 1.29 is 28.3 Å². The average Bonchev–Trinajstić information content (AvgIpc) is 3.12. The topological polar surface area (TPSA) is 80.0 Å². The molecular weight excluding hydrogens is 278 g/mol. The van der Waals surface area contributed by atoms with Gasteiger partial charge in [0.15, 0.2) is 23.5 Å². The Morgan fingerprint density at radius 3 is 2.81 bits per heavy atom. The third kappa shape index (κ3) is 2.82. The maximum absolute atomic E-state index is 11.1. The molecule has 3 rings (SSSR count). The molecule has 0 fully saturated rings. The largest absolute Gasteiger partial charge is 0.486 e. The van der Waals surface area contributed by atoms with Crippen molar-refractivity contribution in [3.8, 4) is 17.2 Å². The number of carbonyl (C=O) groups is 1. The molecule has 0 saturated carbocycles. The van der Waals surface area contributed by atoms with Crippen LogP contribution in [0.1, 0.15) is 21.8 Å². The van der Waals surface area contributed by atoms with Gasteiger partial charge in [0.25, 0.3) is 0 Å². The normalized spacial score (nSPS) is 12.4. The standard InChI is InChI=1S/C14H13NO6/c1-17-7-11-3-10(15-21-11)6-18-12-4-14-13(19-8-20-14)2-9(12)5-16/h2-5H,6-8H2,1H3. The second-order valence-electron chi connectivity index (χ2n) is 4.37. The van der Waals surface area contributed by atoms with E-state index in [9.17, 15) is 4.79 Å². The molecular formula is C14H13NO6. The fraction of sp³-hybridized carbons (Fsp3) is 0.286. The minimum Gasteiger partial charge on any atom is -0.486 e. The Labute approximate surface area is 120 Å². The Bertz CT molecular complexity index is 651. The van der Waals surface area contributed by atoms with Crippen molar-refractivity contribution in [1.82, 2.24) is 5.16 Å². The molecule has 0 radical (unpaired) electrons. The van der Waals surface area contributed by atoms with Crippen LogP contribution in [0.4, 0.5) is 0 Å². The number of aromatic nitrogens is 1. The summed E-state index contributed by atoms with van der Waals surface area (Å²) < 4.78 is 26.1. The molecule has 0 atom stereocenters. The van der Waals surface area contributed by atoms with Crippen LogP contribution in [0.15, 0.2) is 22.7 Å². The predicted octanol–water partition coefficient (Wildman–Crippen LogP) is 1.94. The number of rotatable bonds is 6. The highest BCUT2D eigenvalue weighted by molar-refractivity contribution is 5.81. The van der Waals surface area contributed by atoms with E-state index >= 15 is 0 Å². The summed E-state index contributed by atoms with van der Waals surface area (Å²) >= 11 is 0. The van der Waals surface area contributed by atoms with Crippen LogP contribution in [-0.2, 0) is 18.0 Å². The second kappa shape index (κ2) is 5.84. The maximum atomic E-state index is 11.1. The minimum atomic E-state index is 0.140. The third-order valence-electron chi connectivity index (χ3n) is 2.90. The first-order valence-electron chi connectivity index (χ1n) is 6.25. The van der Waals surface area contributed by atoms with Crippen LogP contribution in [0.5, 0.6) is 17.2 Å². The van der Waals surface area contributed by atoms with Crippen LogP contribution in [0.3, 0.4) is 0 Å². The van der Waals surface area contributed by atoms with E-state index in [1.165, 1.54) is 0 Å². The smallest absolute Gasteiger partial charge is 0.231 e. The molecule has 1 aliphatic heterocycles. The van der Waals surface area contributed by atoms with Crippen molar-refractivity contribution in [3.05, 3.63) is 35.2 Å². The minimum absolute atomic E-state index is 0.140. The van der Waals surface area contributed by atoms with Gasteiger partial charge >= 0.3 is 0 Å². The summed E-state index contributed by atoms with van der Waals surface area (Å²) in [6.07, 6.45) is 0.705. The van der Waals surface area contributed by atoms with Crippen LogP contribution >= 0.6 is 0 Å². The number of hydrogen-bond acceptors (Lipinski definition) is 7. The maximum Gasteiger partial charge on any atom is 0.231 e. The van der Waals surface area contributed by atoms with Gasteiger partial charge in [0.2, 0.25) is 6.79 Å². The van der Waals surface area contributed by atoms with E-state index in [0.29, 0.717) is 47.2 Å². The van der Waals surface area contributed by atoms with Crippen molar-refractivity contribution in [2.45, 2.75) is 13.2 Å². The van der Waals surface area contributed by atoms with Gasteiger partial charge in [-0.3, -0.25) is 4.79 Å². The highest BCUT2D eigenvalue weighted by Crippen LogP contribution is 2.37. The van der Waals surface area contributed by atoms with Gasteiger partial charge in [-0.05, 0) is 6.07 Å². The van der Waals surface area contributed by atoms with Crippen molar-refractivity contribution in [1.29, 1.82) is 0 Å². The molecule has 0 N–H and O–H groups in total. The zero-order valence-corrected chi connectivity index (χ0v) is 11.3. The first-order chi connectivity index (χ1) is 10.3. The lowest BCUT2D eigenvalue weighted by atomic mass is 10.2. The van der Waals surface area contributed by atoms with Crippen molar-refractivity contribution in [2.24, 2.45) is 0 Å². The molecule has 2 aromatic rings. The molecule has 0 unspecified atom stereocenters.